The maximum absolute atomic E-state index is 6.05. The summed E-state index contributed by atoms with van der Waals surface area (Å²) in [6.07, 6.45) is 0. The van der Waals surface area contributed by atoms with E-state index in [2.05, 4.69) is 5.48 Å². The minimum absolute atomic E-state index is 0.302. The Morgan fingerprint density at radius 2 is 1.41 bits per heavy atom. The van der Waals surface area contributed by atoms with Gasteiger partial charge >= 0.3 is 14.2 Å². The second-order valence-corrected chi connectivity index (χ2v) is 6.04. The number of hydrogen-bond donors (Lipinski definition) is 1. The number of nitrogens with one attached hydrogen (secondary N) is 1. The molecule has 0 aromatic heterocycles. The fourth-order valence-corrected chi connectivity index (χ4v) is 2.25. The third-order valence-electron chi connectivity index (χ3n) is 3.43. The average Bonchev–Trinajstić information content (AvgIpc) is 2.54. The summed E-state index contributed by atoms with van der Waals surface area (Å²) in [5.41, 5.74) is 4.65. The molecule has 0 spiro atoms. The molecular formula is C16H19B2NO3. The number of hydrogen-bond acceptors (Lipinski definition) is 4. The lowest BCUT2D eigenvalue weighted by atomic mass is 9.70. The van der Waals surface area contributed by atoms with Gasteiger partial charge in [-0.15, -0.1) is 0 Å². The summed E-state index contributed by atoms with van der Waals surface area (Å²) in [6, 6.07) is 19.8. The number of hydroxylamine groups is 1. The fourth-order valence-electron chi connectivity index (χ4n) is 2.25. The Labute approximate surface area is 132 Å². The monoisotopic (exact) mass is 295 g/mol. The second kappa shape index (κ2) is 6.67. The van der Waals surface area contributed by atoms with Gasteiger partial charge in [-0.25, -0.2) is 5.48 Å². The van der Waals surface area contributed by atoms with Crippen LogP contribution >= 0.6 is 0 Å². The molecule has 0 bridgehead atoms. The van der Waals surface area contributed by atoms with Crippen molar-refractivity contribution in [2.24, 2.45) is 0 Å². The Morgan fingerprint density at radius 3 is 2.00 bits per heavy atom. The molecule has 112 valence electrons. The molecule has 0 unspecified atom stereocenters. The van der Waals surface area contributed by atoms with Crippen molar-refractivity contribution in [3.05, 3.63) is 60.7 Å². The first-order valence-corrected chi connectivity index (χ1v) is 7.44. The Kier molecular flexibility index (Phi) is 4.64. The van der Waals surface area contributed by atoms with Crippen LogP contribution < -0.4 is 16.4 Å². The van der Waals surface area contributed by atoms with E-state index in [1.807, 2.05) is 74.5 Å². The van der Waals surface area contributed by atoms with E-state index >= 15 is 0 Å². The molecule has 1 aliphatic rings. The van der Waals surface area contributed by atoms with Crippen molar-refractivity contribution in [2.45, 2.75) is 19.4 Å². The number of benzene rings is 2. The van der Waals surface area contributed by atoms with Crippen LogP contribution in [0.1, 0.15) is 13.8 Å². The zero-order valence-electron chi connectivity index (χ0n) is 12.9. The molecule has 6 heteroatoms. The lowest BCUT2D eigenvalue weighted by Gasteiger charge is -2.33. The van der Waals surface area contributed by atoms with Crippen molar-refractivity contribution in [3.8, 4) is 0 Å². The highest BCUT2D eigenvalue weighted by Gasteiger charge is 2.36. The van der Waals surface area contributed by atoms with Gasteiger partial charge in [-0.05, 0) is 24.8 Å². The first-order chi connectivity index (χ1) is 10.6. The minimum Gasteiger partial charge on any atom is -0.442 e. The molecule has 1 heterocycles. The van der Waals surface area contributed by atoms with Crippen molar-refractivity contribution in [2.75, 3.05) is 6.61 Å². The summed E-state index contributed by atoms with van der Waals surface area (Å²) < 4.78 is 17.8. The van der Waals surface area contributed by atoms with Gasteiger partial charge in [0.2, 0.25) is 0 Å². The van der Waals surface area contributed by atoms with Gasteiger partial charge in [0.15, 0.2) is 0 Å². The zero-order valence-corrected chi connectivity index (χ0v) is 12.9. The predicted octanol–water partition coefficient (Wildman–Crippen LogP) is 1.12. The first-order valence-electron chi connectivity index (χ1n) is 7.44. The molecule has 22 heavy (non-hydrogen) atoms. The van der Waals surface area contributed by atoms with E-state index in [0.29, 0.717) is 6.61 Å². The molecule has 2 aromatic rings. The Morgan fingerprint density at radius 1 is 0.864 bits per heavy atom. The van der Waals surface area contributed by atoms with Gasteiger partial charge in [0, 0.05) is 0 Å². The summed E-state index contributed by atoms with van der Waals surface area (Å²) in [7, 11) is -1.00. The van der Waals surface area contributed by atoms with Crippen LogP contribution in [0.4, 0.5) is 0 Å². The van der Waals surface area contributed by atoms with Crippen molar-refractivity contribution in [1.29, 1.82) is 0 Å². The standard InChI is InChI=1S/C16H19B2NO3/c1-16(2)13-20-17(14-9-5-3-6-10-14)21-18(22-19-16)15-11-7-4-8-12-15/h3-12,19H,13H2,1-2H3. The third-order valence-corrected chi connectivity index (χ3v) is 3.43. The van der Waals surface area contributed by atoms with Gasteiger partial charge < -0.3 is 14.0 Å². The maximum Gasteiger partial charge on any atom is 0.497 e. The van der Waals surface area contributed by atoms with E-state index < -0.39 is 14.2 Å². The minimum atomic E-state index is -0.536. The SMILES string of the molecule is CC1(C)COB(c2ccccc2)OB(c2ccccc2)ON1. The maximum atomic E-state index is 6.05. The van der Waals surface area contributed by atoms with Crippen LogP contribution in [-0.4, -0.2) is 26.4 Å². The van der Waals surface area contributed by atoms with Crippen molar-refractivity contribution < 1.29 is 14.0 Å². The van der Waals surface area contributed by atoms with Crippen molar-refractivity contribution in [3.63, 3.8) is 0 Å². The highest BCUT2D eigenvalue weighted by Crippen LogP contribution is 2.10. The van der Waals surface area contributed by atoms with Gasteiger partial charge in [-0.1, -0.05) is 60.7 Å². The topological polar surface area (TPSA) is 39.7 Å². The van der Waals surface area contributed by atoms with Crippen LogP contribution in [-0.2, 0) is 14.0 Å². The largest absolute Gasteiger partial charge is 0.497 e. The van der Waals surface area contributed by atoms with E-state index in [4.69, 9.17) is 14.0 Å². The molecular weight excluding hydrogens is 276 g/mol. The lowest BCUT2D eigenvalue weighted by molar-refractivity contribution is 0.0354. The Hall–Kier alpha value is -1.59. The van der Waals surface area contributed by atoms with Crippen LogP contribution in [0.3, 0.4) is 0 Å². The summed E-state index contributed by atoms with van der Waals surface area (Å²) >= 11 is 0. The van der Waals surface area contributed by atoms with E-state index in [-0.39, 0.29) is 5.54 Å². The van der Waals surface area contributed by atoms with Crippen LogP contribution in [0.15, 0.2) is 60.7 Å². The summed E-state index contributed by atoms with van der Waals surface area (Å²) in [5, 5.41) is 0. The second-order valence-electron chi connectivity index (χ2n) is 6.04. The third kappa shape index (κ3) is 3.78. The molecule has 0 saturated carbocycles. The lowest BCUT2D eigenvalue weighted by Crippen LogP contribution is -2.58. The van der Waals surface area contributed by atoms with Crippen molar-refractivity contribution >= 4 is 25.2 Å². The molecule has 1 N–H and O–H groups in total. The van der Waals surface area contributed by atoms with Crippen LogP contribution in [0.25, 0.3) is 0 Å². The van der Waals surface area contributed by atoms with E-state index in [0.717, 1.165) is 10.9 Å². The molecule has 0 radical (unpaired) electrons. The molecule has 3 rings (SSSR count). The fraction of sp³-hybridized carbons (Fsp3) is 0.250. The van der Waals surface area contributed by atoms with Gasteiger partial charge in [-0.2, -0.15) is 0 Å². The van der Waals surface area contributed by atoms with Crippen LogP contribution in [0, 0.1) is 0 Å². The molecule has 1 fully saturated rings. The summed E-state index contributed by atoms with van der Waals surface area (Å²) in [4.78, 5) is 0. The molecule has 4 nitrogen and oxygen atoms in total. The molecule has 2 aromatic carbocycles. The van der Waals surface area contributed by atoms with Gasteiger partial charge in [-0.3, -0.25) is 0 Å². The van der Waals surface area contributed by atoms with E-state index in [1.54, 1.807) is 0 Å². The van der Waals surface area contributed by atoms with E-state index in [1.165, 1.54) is 0 Å². The highest BCUT2D eigenvalue weighted by molar-refractivity contribution is 6.74. The Balaban J connectivity index is 1.86. The average molecular weight is 295 g/mol. The van der Waals surface area contributed by atoms with Gasteiger partial charge in [0.25, 0.3) is 0 Å². The molecule has 0 atom stereocenters. The highest BCUT2D eigenvalue weighted by atomic mass is 16.7. The zero-order chi connectivity index (χ0) is 15.4. The van der Waals surface area contributed by atoms with Gasteiger partial charge in [0.1, 0.15) is 0 Å². The molecule has 1 aliphatic heterocycles. The van der Waals surface area contributed by atoms with Crippen LogP contribution in [0.5, 0.6) is 0 Å². The molecule has 1 saturated heterocycles. The number of rotatable bonds is 2. The quantitative estimate of drug-likeness (QED) is 0.843. The smallest absolute Gasteiger partial charge is 0.442 e. The Bertz CT molecular complexity index is 543. The van der Waals surface area contributed by atoms with Crippen LogP contribution in [0.2, 0.25) is 0 Å². The summed E-state index contributed by atoms with van der Waals surface area (Å²) in [5.74, 6) is 0. The predicted molar refractivity (Wildman–Crippen MR) is 89.0 cm³/mol. The first kappa shape index (κ1) is 15.3. The van der Waals surface area contributed by atoms with Crippen molar-refractivity contribution in [1.82, 2.24) is 5.48 Å². The molecule has 0 amide bonds. The van der Waals surface area contributed by atoms with Gasteiger partial charge in [0.05, 0.1) is 12.1 Å². The van der Waals surface area contributed by atoms with E-state index in [9.17, 15) is 0 Å². The summed E-state index contributed by atoms with van der Waals surface area (Å²) in [6.45, 7) is 4.54. The normalized spacial score (nSPS) is 18.6. The molecule has 0 aliphatic carbocycles.